The van der Waals surface area contributed by atoms with Crippen LogP contribution in [0.2, 0.25) is 0 Å². The number of alkyl halides is 3. The zero-order chi connectivity index (χ0) is 5.91. The first-order chi connectivity index (χ1) is 3.06. The van der Waals surface area contributed by atoms with E-state index in [-0.39, 0.29) is 6.61 Å². The van der Waals surface area contributed by atoms with Crippen LogP contribution in [-0.4, -0.2) is 11.4 Å². The molecule has 0 heterocycles. The lowest BCUT2D eigenvalue weighted by Gasteiger charge is -2.05. The van der Waals surface area contributed by atoms with Crippen molar-refractivity contribution in [2.75, 3.05) is 6.61 Å². The largest absolute Gasteiger partial charge is 0.367 e. The van der Waals surface area contributed by atoms with E-state index in [1.54, 1.807) is 6.92 Å². The Hall–Kier alpha value is 0.470. The fourth-order valence-electron chi connectivity index (χ4n) is 0.164. The first kappa shape index (κ1) is 7.47. The van der Waals surface area contributed by atoms with E-state index in [0.29, 0.717) is 0 Å². The average Bonchev–Trinajstić information content (AvgIpc) is 1.30. The molecule has 0 bridgehead atoms. The third-order valence-corrected chi connectivity index (χ3v) is 0.526. The van der Waals surface area contributed by atoms with Crippen molar-refractivity contribution in [3.63, 3.8) is 0 Å². The molecule has 44 valence electrons. The molecule has 0 aromatic carbocycles. The van der Waals surface area contributed by atoms with Crippen molar-refractivity contribution < 1.29 is 9.13 Å². The van der Waals surface area contributed by atoms with E-state index in [1.807, 2.05) is 0 Å². The SMILES string of the molecule is CCOC(F)(Cl)Cl. The summed E-state index contributed by atoms with van der Waals surface area (Å²) >= 11 is 9.42. The summed E-state index contributed by atoms with van der Waals surface area (Å²) in [7, 11) is 0. The highest BCUT2D eigenvalue weighted by Crippen LogP contribution is 2.22. The van der Waals surface area contributed by atoms with Gasteiger partial charge in [-0.15, -0.1) is 0 Å². The molecule has 0 aliphatic heterocycles. The summed E-state index contributed by atoms with van der Waals surface area (Å²) in [5.74, 6) is 0. The molecule has 0 aromatic heterocycles. The van der Waals surface area contributed by atoms with E-state index in [2.05, 4.69) is 4.74 Å². The molecule has 0 aromatic rings. The van der Waals surface area contributed by atoms with Gasteiger partial charge in [0, 0.05) is 6.61 Å². The van der Waals surface area contributed by atoms with Crippen LogP contribution < -0.4 is 0 Å². The maximum atomic E-state index is 11.7. The van der Waals surface area contributed by atoms with Crippen LogP contribution in [0.5, 0.6) is 0 Å². The van der Waals surface area contributed by atoms with Crippen LogP contribution in [0, 0.1) is 0 Å². The van der Waals surface area contributed by atoms with Crippen molar-refractivity contribution in [2.45, 2.75) is 11.7 Å². The molecule has 0 saturated carbocycles. The number of ether oxygens (including phenoxy) is 1. The smallest absolute Gasteiger partial charge is 0.321 e. The zero-order valence-electron chi connectivity index (χ0n) is 3.75. The molecule has 4 heteroatoms. The van der Waals surface area contributed by atoms with Crippen molar-refractivity contribution in [3.05, 3.63) is 0 Å². The van der Waals surface area contributed by atoms with Crippen LogP contribution in [0.3, 0.4) is 0 Å². The van der Waals surface area contributed by atoms with Gasteiger partial charge in [-0.25, -0.2) is 0 Å². The molecule has 0 radical (unpaired) electrons. The summed E-state index contributed by atoms with van der Waals surface area (Å²) in [6.07, 6.45) is 0. The Labute approximate surface area is 51.4 Å². The zero-order valence-corrected chi connectivity index (χ0v) is 5.26. The summed E-state index contributed by atoms with van der Waals surface area (Å²) in [4.78, 5) is 0. The lowest BCUT2D eigenvalue weighted by Crippen LogP contribution is -2.08. The van der Waals surface area contributed by atoms with Crippen molar-refractivity contribution in [1.29, 1.82) is 0 Å². The summed E-state index contributed by atoms with van der Waals surface area (Å²) in [5.41, 5.74) is 0. The van der Waals surface area contributed by atoms with E-state index in [1.165, 1.54) is 0 Å². The average molecular weight is 147 g/mol. The molecule has 0 aliphatic rings. The van der Waals surface area contributed by atoms with Gasteiger partial charge in [-0.1, -0.05) is 0 Å². The highest BCUT2D eigenvalue weighted by Gasteiger charge is 2.20. The molecule has 1 nitrogen and oxygen atoms in total. The number of hydrogen-bond donors (Lipinski definition) is 0. The minimum atomic E-state index is -2.51. The van der Waals surface area contributed by atoms with Gasteiger partial charge in [-0.05, 0) is 30.1 Å². The van der Waals surface area contributed by atoms with Crippen molar-refractivity contribution in [3.8, 4) is 0 Å². The molecule has 7 heavy (non-hydrogen) atoms. The van der Waals surface area contributed by atoms with Crippen molar-refractivity contribution in [2.24, 2.45) is 0 Å². The molecule has 0 aliphatic carbocycles. The van der Waals surface area contributed by atoms with Gasteiger partial charge < -0.3 is 4.74 Å². The Morgan fingerprint density at radius 1 is 1.71 bits per heavy atom. The van der Waals surface area contributed by atoms with Crippen LogP contribution in [0.15, 0.2) is 0 Å². The highest BCUT2D eigenvalue weighted by molar-refractivity contribution is 6.45. The normalized spacial score (nSPS) is 12.0. The van der Waals surface area contributed by atoms with Gasteiger partial charge in [0.1, 0.15) is 0 Å². The van der Waals surface area contributed by atoms with E-state index < -0.39 is 4.77 Å². The Balaban J connectivity index is 3.15. The predicted octanol–water partition coefficient (Wildman–Crippen LogP) is 2.08. The summed E-state index contributed by atoms with van der Waals surface area (Å²) < 4.78 is 13.3. The first-order valence-corrected chi connectivity index (χ1v) is 2.52. The molecular formula is C3H5Cl2FO. The molecule has 0 atom stereocenters. The van der Waals surface area contributed by atoms with Gasteiger partial charge >= 0.3 is 4.77 Å². The van der Waals surface area contributed by atoms with Gasteiger partial charge in [0.2, 0.25) is 0 Å². The Morgan fingerprint density at radius 2 is 2.14 bits per heavy atom. The van der Waals surface area contributed by atoms with Crippen molar-refractivity contribution >= 4 is 23.2 Å². The van der Waals surface area contributed by atoms with Gasteiger partial charge in [0.25, 0.3) is 0 Å². The van der Waals surface area contributed by atoms with Crippen LogP contribution in [0.25, 0.3) is 0 Å². The first-order valence-electron chi connectivity index (χ1n) is 1.77. The minimum absolute atomic E-state index is 0.170. The molecule has 0 N–H and O–H groups in total. The van der Waals surface area contributed by atoms with Gasteiger partial charge in [-0.3, -0.25) is 0 Å². The van der Waals surface area contributed by atoms with E-state index in [0.717, 1.165) is 0 Å². The summed E-state index contributed by atoms with van der Waals surface area (Å²) in [5, 5.41) is 0. The third-order valence-electron chi connectivity index (χ3n) is 0.308. The molecule has 0 unspecified atom stereocenters. The predicted molar refractivity (Wildman–Crippen MR) is 27.2 cm³/mol. The fourth-order valence-corrected chi connectivity index (χ4v) is 0.382. The minimum Gasteiger partial charge on any atom is -0.321 e. The lowest BCUT2D eigenvalue weighted by molar-refractivity contribution is -0.00502. The molecule has 0 spiro atoms. The van der Waals surface area contributed by atoms with Gasteiger partial charge in [0.15, 0.2) is 0 Å². The number of rotatable bonds is 2. The second-order valence-corrected chi connectivity index (χ2v) is 2.04. The molecule has 0 rings (SSSR count). The monoisotopic (exact) mass is 146 g/mol. The van der Waals surface area contributed by atoms with E-state index in [9.17, 15) is 4.39 Å². The topological polar surface area (TPSA) is 9.23 Å². The van der Waals surface area contributed by atoms with Crippen LogP contribution in [-0.2, 0) is 4.74 Å². The molecule has 0 amide bonds. The maximum absolute atomic E-state index is 11.7. The molecular weight excluding hydrogens is 142 g/mol. The second kappa shape index (κ2) is 2.70. The Kier molecular flexibility index (Phi) is 2.88. The second-order valence-electron chi connectivity index (χ2n) is 0.879. The van der Waals surface area contributed by atoms with Crippen LogP contribution >= 0.6 is 23.2 Å². The highest BCUT2D eigenvalue weighted by atomic mass is 35.5. The third kappa shape index (κ3) is 6.47. The quantitative estimate of drug-likeness (QED) is 0.543. The standard InChI is InChI=1S/C3H5Cl2FO/c1-2-7-3(4,5)6/h2H2,1H3. The summed E-state index contributed by atoms with van der Waals surface area (Å²) in [6.45, 7) is 1.77. The van der Waals surface area contributed by atoms with E-state index in [4.69, 9.17) is 23.2 Å². The van der Waals surface area contributed by atoms with Gasteiger partial charge in [-0.2, -0.15) is 4.39 Å². The summed E-state index contributed by atoms with van der Waals surface area (Å²) in [6, 6.07) is 0. The van der Waals surface area contributed by atoms with E-state index >= 15 is 0 Å². The Morgan fingerprint density at radius 3 is 2.14 bits per heavy atom. The van der Waals surface area contributed by atoms with Crippen LogP contribution in [0.1, 0.15) is 6.92 Å². The van der Waals surface area contributed by atoms with Gasteiger partial charge in [0.05, 0.1) is 0 Å². The Bertz CT molecular complexity index is 51.4. The molecule has 0 fully saturated rings. The fraction of sp³-hybridized carbons (Fsp3) is 1.00. The van der Waals surface area contributed by atoms with Crippen LogP contribution in [0.4, 0.5) is 4.39 Å². The number of halogens is 3. The van der Waals surface area contributed by atoms with Crippen molar-refractivity contribution in [1.82, 2.24) is 0 Å². The maximum Gasteiger partial charge on any atom is 0.367 e. The lowest BCUT2D eigenvalue weighted by atomic mass is 10.9. The number of hydrogen-bond acceptors (Lipinski definition) is 1. The molecule has 0 saturated heterocycles.